The molecular formula is C38H33BN4Pt. The minimum absolute atomic E-state index is 0. The first kappa shape index (κ1) is 29.8. The first-order chi connectivity index (χ1) is 20.8. The van der Waals surface area contributed by atoms with Crippen LogP contribution >= 0.6 is 0 Å². The van der Waals surface area contributed by atoms with E-state index in [1.807, 2.05) is 17.8 Å². The summed E-state index contributed by atoms with van der Waals surface area (Å²) in [5.74, 6) is 0.904. The van der Waals surface area contributed by atoms with Gasteiger partial charge in [0.2, 0.25) is 0 Å². The number of benzene rings is 4. The van der Waals surface area contributed by atoms with Crippen molar-refractivity contribution < 1.29 is 21.1 Å². The van der Waals surface area contributed by atoms with Gasteiger partial charge in [-0.1, -0.05) is 80.3 Å². The van der Waals surface area contributed by atoms with Gasteiger partial charge in [0.25, 0.3) is 0 Å². The Bertz CT molecular complexity index is 2100. The molecule has 0 atom stereocenters. The van der Waals surface area contributed by atoms with Crippen LogP contribution in [0.3, 0.4) is 0 Å². The Morgan fingerprint density at radius 1 is 0.727 bits per heavy atom. The second-order valence-electron chi connectivity index (χ2n) is 12.4. The summed E-state index contributed by atoms with van der Waals surface area (Å²) in [6, 6.07) is 44.1. The van der Waals surface area contributed by atoms with E-state index in [2.05, 4.69) is 148 Å². The van der Waals surface area contributed by atoms with Gasteiger partial charge in [0.05, 0.1) is 5.69 Å². The summed E-state index contributed by atoms with van der Waals surface area (Å²) in [5, 5.41) is 7.08. The van der Waals surface area contributed by atoms with Gasteiger partial charge in [-0.3, -0.25) is 4.68 Å². The van der Waals surface area contributed by atoms with Crippen LogP contribution in [-0.2, 0) is 26.5 Å². The number of hydrogen-bond donors (Lipinski definition) is 0. The molecule has 6 heteroatoms. The molecule has 0 aliphatic carbocycles. The number of aryl methyl sites for hydroxylation is 2. The number of hydrogen-bond acceptors (Lipinski definition) is 2. The average molecular weight is 752 g/mol. The third kappa shape index (κ3) is 5.35. The van der Waals surface area contributed by atoms with E-state index >= 15 is 0 Å². The van der Waals surface area contributed by atoms with E-state index in [9.17, 15) is 0 Å². The Balaban J connectivity index is 0.00000343. The standard InChI is InChI=1S/C38H33BN4.Pt/c1-26-22-27(2)43(41-26)32-15-11-14-30(24-32)39(29-12-7-6-8-13-29)31-18-19-34-33-16-9-10-17-35(33)42(36(34)25-31)37-23-28(20-21-40-37)38(3,4)5;/h6-23H,1-5H3;/q-2;+2. The summed E-state index contributed by atoms with van der Waals surface area (Å²) in [6.45, 7) is 10.8. The van der Waals surface area contributed by atoms with Crippen LogP contribution in [0.5, 0.6) is 0 Å². The van der Waals surface area contributed by atoms with Gasteiger partial charge in [0, 0.05) is 17.4 Å². The molecular weight excluding hydrogens is 718 g/mol. The number of fused-ring (bicyclic) bond motifs is 3. The summed E-state index contributed by atoms with van der Waals surface area (Å²) in [5.41, 5.74) is 9.76. The average Bonchev–Trinajstić information content (AvgIpc) is 3.53. The predicted molar refractivity (Wildman–Crippen MR) is 179 cm³/mol. The number of aromatic nitrogens is 4. The molecule has 44 heavy (non-hydrogen) atoms. The molecule has 7 rings (SSSR count). The fourth-order valence-corrected chi connectivity index (χ4v) is 6.13. The fourth-order valence-electron chi connectivity index (χ4n) is 6.13. The van der Waals surface area contributed by atoms with Gasteiger partial charge >= 0.3 is 21.1 Å². The molecule has 4 nitrogen and oxygen atoms in total. The van der Waals surface area contributed by atoms with E-state index in [1.165, 1.54) is 16.4 Å². The molecule has 7 aromatic rings. The third-order valence-corrected chi connectivity index (χ3v) is 8.24. The Morgan fingerprint density at radius 3 is 2.23 bits per heavy atom. The normalized spacial score (nSPS) is 11.6. The zero-order chi connectivity index (χ0) is 29.7. The SMILES string of the molecule is Cc1cc(C)n(-c2[c-]c(B(c3[c-]c4c(cc3)c3ccccc3n4-c3cc(C(C)(C)C)ccn3)c3ccccc3)ccc2)n1.[Pt+2]. The van der Waals surface area contributed by atoms with Crippen LogP contribution in [0, 0.1) is 26.0 Å². The largest absolute Gasteiger partial charge is 2.00 e. The van der Waals surface area contributed by atoms with E-state index < -0.39 is 0 Å². The molecule has 0 radical (unpaired) electrons. The molecule has 0 saturated carbocycles. The van der Waals surface area contributed by atoms with Gasteiger partial charge in [-0.2, -0.15) is 52.4 Å². The van der Waals surface area contributed by atoms with Crippen LogP contribution < -0.4 is 16.4 Å². The van der Waals surface area contributed by atoms with Gasteiger partial charge in [0.15, 0.2) is 6.71 Å². The molecule has 0 fully saturated rings. The van der Waals surface area contributed by atoms with Crippen LogP contribution in [0.15, 0.2) is 109 Å². The third-order valence-electron chi connectivity index (χ3n) is 8.24. The number of rotatable bonds is 5. The van der Waals surface area contributed by atoms with Crippen LogP contribution in [0.2, 0.25) is 0 Å². The molecule has 4 aromatic carbocycles. The maximum absolute atomic E-state index is 4.87. The second-order valence-corrected chi connectivity index (χ2v) is 12.4. The monoisotopic (exact) mass is 751 g/mol. The number of pyridine rings is 1. The van der Waals surface area contributed by atoms with Gasteiger partial charge in [-0.15, -0.1) is 11.5 Å². The topological polar surface area (TPSA) is 35.6 Å². The number of nitrogens with zero attached hydrogens (tertiary/aromatic N) is 4. The zero-order valence-electron chi connectivity index (χ0n) is 25.6. The molecule has 0 unspecified atom stereocenters. The minimum atomic E-state index is -0.0668. The van der Waals surface area contributed by atoms with E-state index in [-0.39, 0.29) is 33.2 Å². The predicted octanol–water partition coefficient (Wildman–Crippen LogP) is 6.39. The summed E-state index contributed by atoms with van der Waals surface area (Å²) in [7, 11) is 0. The molecule has 0 spiro atoms. The molecule has 0 amide bonds. The van der Waals surface area contributed by atoms with Crippen molar-refractivity contribution in [3.8, 4) is 11.5 Å². The summed E-state index contributed by atoms with van der Waals surface area (Å²) in [4.78, 5) is 4.87. The quantitative estimate of drug-likeness (QED) is 0.151. The summed E-state index contributed by atoms with van der Waals surface area (Å²) in [6.07, 6.45) is 1.92. The van der Waals surface area contributed by atoms with Crippen LogP contribution in [0.1, 0.15) is 37.7 Å². The van der Waals surface area contributed by atoms with Crippen LogP contribution in [-0.4, -0.2) is 26.0 Å². The molecule has 3 aromatic heterocycles. The maximum atomic E-state index is 4.87. The van der Waals surface area contributed by atoms with Crippen molar-refractivity contribution in [3.63, 3.8) is 0 Å². The van der Waals surface area contributed by atoms with Crippen molar-refractivity contribution in [2.24, 2.45) is 0 Å². The van der Waals surface area contributed by atoms with Crippen molar-refractivity contribution in [1.29, 1.82) is 0 Å². The fraction of sp³-hybridized carbons (Fsp3) is 0.158. The van der Waals surface area contributed by atoms with Gasteiger partial charge in [-0.05, 0) is 60.2 Å². The minimum Gasteiger partial charge on any atom is -0.319 e. The van der Waals surface area contributed by atoms with E-state index in [4.69, 9.17) is 10.1 Å². The molecule has 218 valence electrons. The molecule has 0 N–H and O–H groups in total. The Hall–Kier alpha value is -4.21. The number of para-hydroxylation sites is 1. The molecule has 0 bridgehead atoms. The molecule has 0 aliphatic heterocycles. The first-order valence-corrected chi connectivity index (χ1v) is 14.8. The van der Waals surface area contributed by atoms with Gasteiger partial charge in [0.1, 0.15) is 5.82 Å². The van der Waals surface area contributed by atoms with Crippen LogP contribution in [0.25, 0.3) is 33.3 Å². The molecule has 0 aliphatic rings. The Morgan fingerprint density at radius 2 is 1.48 bits per heavy atom. The summed E-state index contributed by atoms with van der Waals surface area (Å²) < 4.78 is 4.24. The van der Waals surface area contributed by atoms with Crippen molar-refractivity contribution in [1.82, 2.24) is 19.3 Å². The van der Waals surface area contributed by atoms with Gasteiger partial charge < -0.3 is 4.57 Å². The van der Waals surface area contributed by atoms with Crippen LogP contribution in [0.4, 0.5) is 0 Å². The zero-order valence-corrected chi connectivity index (χ0v) is 27.8. The Kier molecular flexibility index (Phi) is 7.94. The van der Waals surface area contributed by atoms with Crippen molar-refractivity contribution in [3.05, 3.63) is 138 Å². The van der Waals surface area contributed by atoms with E-state index in [1.54, 1.807) is 0 Å². The summed E-state index contributed by atoms with van der Waals surface area (Å²) >= 11 is 0. The Labute approximate surface area is 274 Å². The van der Waals surface area contributed by atoms with Crippen molar-refractivity contribution >= 4 is 44.9 Å². The second kappa shape index (κ2) is 11.7. The van der Waals surface area contributed by atoms with E-state index in [0.717, 1.165) is 50.2 Å². The maximum Gasteiger partial charge on any atom is 2.00 e. The van der Waals surface area contributed by atoms with Crippen molar-refractivity contribution in [2.75, 3.05) is 0 Å². The molecule has 3 heterocycles. The molecule has 0 saturated heterocycles. The van der Waals surface area contributed by atoms with Crippen molar-refractivity contribution in [2.45, 2.75) is 40.0 Å². The van der Waals surface area contributed by atoms with Gasteiger partial charge in [-0.25, -0.2) is 4.98 Å². The smallest absolute Gasteiger partial charge is 0.319 e. The first-order valence-electron chi connectivity index (χ1n) is 14.8. The van der Waals surface area contributed by atoms with E-state index in [0.29, 0.717) is 0 Å².